The van der Waals surface area contributed by atoms with Gasteiger partial charge in [-0.25, -0.2) is 5.43 Å². The number of hydrogen-bond acceptors (Lipinski definition) is 5. The molecule has 0 unspecified atom stereocenters. The first-order valence-corrected chi connectivity index (χ1v) is 9.36. The van der Waals surface area contributed by atoms with Crippen LogP contribution in [0.3, 0.4) is 0 Å². The third-order valence-corrected chi connectivity index (χ3v) is 4.51. The van der Waals surface area contributed by atoms with Gasteiger partial charge in [0.25, 0.3) is 5.91 Å². The second-order valence-electron chi connectivity index (χ2n) is 6.18. The number of halogens is 1. The van der Waals surface area contributed by atoms with E-state index in [0.717, 1.165) is 11.1 Å². The molecule has 0 atom stereocenters. The van der Waals surface area contributed by atoms with E-state index in [1.165, 1.54) is 6.21 Å². The van der Waals surface area contributed by atoms with Crippen molar-refractivity contribution in [1.82, 2.24) is 5.43 Å². The minimum absolute atomic E-state index is 0.267. The highest BCUT2D eigenvalue weighted by Gasteiger charge is 2.08. The van der Waals surface area contributed by atoms with Gasteiger partial charge in [0.2, 0.25) is 0 Å². The predicted octanol–water partition coefficient (Wildman–Crippen LogP) is 4.56. The summed E-state index contributed by atoms with van der Waals surface area (Å²) in [5.41, 5.74) is 4.95. The van der Waals surface area contributed by atoms with Crippen molar-refractivity contribution in [3.8, 4) is 17.6 Å². The monoisotopic (exact) mass is 419 g/mol. The molecule has 0 saturated carbocycles. The number of ether oxygens (including phenoxy) is 2. The van der Waals surface area contributed by atoms with Gasteiger partial charge in [0, 0.05) is 5.56 Å². The molecular weight excluding hydrogens is 402 g/mol. The van der Waals surface area contributed by atoms with Crippen molar-refractivity contribution >= 4 is 23.7 Å². The summed E-state index contributed by atoms with van der Waals surface area (Å²) in [6.07, 6.45) is 1.53. The van der Waals surface area contributed by atoms with Crippen LogP contribution in [0.5, 0.6) is 11.5 Å². The number of rotatable bonds is 7. The van der Waals surface area contributed by atoms with Gasteiger partial charge in [-0.15, -0.1) is 0 Å². The largest absolute Gasteiger partial charge is 0.496 e. The molecule has 30 heavy (non-hydrogen) atoms. The summed E-state index contributed by atoms with van der Waals surface area (Å²) in [6, 6.07) is 21.1. The molecule has 0 fully saturated rings. The van der Waals surface area contributed by atoms with Crippen LogP contribution in [0, 0.1) is 11.3 Å². The van der Waals surface area contributed by atoms with Crippen LogP contribution in [-0.2, 0) is 6.61 Å². The van der Waals surface area contributed by atoms with Crippen molar-refractivity contribution in [1.29, 1.82) is 5.26 Å². The first-order chi connectivity index (χ1) is 14.6. The van der Waals surface area contributed by atoms with Gasteiger partial charge in [-0.1, -0.05) is 23.7 Å². The summed E-state index contributed by atoms with van der Waals surface area (Å²) in [6.45, 7) is 0.267. The molecule has 1 N–H and O–H groups in total. The molecule has 0 aromatic heterocycles. The zero-order chi connectivity index (χ0) is 21.3. The van der Waals surface area contributed by atoms with Gasteiger partial charge in [0.1, 0.15) is 18.1 Å². The van der Waals surface area contributed by atoms with Crippen LogP contribution in [-0.4, -0.2) is 19.2 Å². The maximum Gasteiger partial charge on any atom is 0.272 e. The third kappa shape index (κ3) is 5.37. The highest BCUT2D eigenvalue weighted by molar-refractivity contribution is 6.33. The zero-order valence-corrected chi connectivity index (χ0v) is 16.9. The van der Waals surface area contributed by atoms with E-state index in [0.29, 0.717) is 27.6 Å². The van der Waals surface area contributed by atoms with E-state index in [4.69, 9.17) is 26.3 Å². The molecule has 3 aromatic rings. The lowest BCUT2D eigenvalue weighted by molar-refractivity contribution is 0.0955. The molecule has 0 heterocycles. The van der Waals surface area contributed by atoms with E-state index >= 15 is 0 Å². The van der Waals surface area contributed by atoms with Gasteiger partial charge >= 0.3 is 0 Å². The van der Waals surface area contributed by atoms with Crippen molar-refractivity contribution in [2.24, 2.45) is 5.10 Å². The Hall–Kier alpha value is -3.82. The van der Waals surface area contributed by atoms with Gasteiger partial charge in [-0.3, -0.25) is 4.79 Å². The molecule has 1 amide bonds. The van der Waals surface area contributed by atoms with Crippen molar-refractivity contribution in [2.75, 3.05) is 7.11 Å². The minimum atomic E-state index is -0.394. The summed E-state index contributed by atoms with van der Waals surface area (Å²) < 4.78 is 11.2. The highest BCUT2D eigenvalue weighted by atomic mass is 35.5. The van der Waals surface area contributed by atoms with E-state index < -0.39 is 5.91 Å². The Morgan fingerprint density at radius 2 is 1.93 bits per heavy atom. The Kier molecular flexibility index (Phi) is 7.04. The number of carbonyl (C=O) groups is 1. The van der Waals surface area contributed by atoms with E-state index in [9.17, 15) is 4.79 Å². The number of carbonyl (C=O) groups excluding carboxylic acids is 1. The fourth-order valence-corrected chi connectivity index (χ4v) is 2.87. The van der Waals surface area contributed by atoms with E-state index in [1.807, 2.05) is 12.1 Å². The number of nitrogens with one attached hydrogen (secondary N) is 1. The van der Waals surface area contributed by atoms with Gasteiger partial charge < -0.3 is 9.47 Å². The summed E-state index contributed by atoms with van der Waals surface area (Å²) in [5.74, 6) is 0.915. The molecular formula is C23H18ClN3O3. The number of hydrazone groups is 1. The maximum absolute atomic E-state index is 12.2. The van der Waals surface area contributed by atoms with Crippen molar-refractivity contribution in [2.45, 2.75) is 6.61 Å². The van der Waals surface area contributed by atoms with Crippen LogP contribution in [0.1, 0.15) is 27.0 Å². The lowest BCUT2D eigenvalue weighted by atomic mass is 10.1. The topological polar surface area (TPSA) is 83.7 Å². The zero-order valence-electron chi connectivity index (χ0n) is 16.1. The lowest BCUT2D eigenvalue weighted by Crippen LogP contribution is -2.17. The van der Waals surface area contributed by atoms with Gasteiger partial charge in [0.05, 0.1) is 35.5 Å². The van der Waals surface area contributed by atoms with Crippen LogP contribution in [0.25, 0.3) is 0 Å². The first-order valence-electron chi connectivity index (χ1n) is 8.98. The molecule has 150 valence electrons. The third-order valence-electron chi connectivity index (χ3n) is 4.18. The standard InChI is InChI=1S/C23H18ClN3O3/c1-29-22-11-8-17(14-26-27-23(28)20-4-2-3-5-21(20)24)12-18(22)15-30-19-9-6-16(13-25)7-10-19/h2-12,14H,15H2,1H3,(H,27,28). The Morgan fingerprint density at radius 3 is 2.63 bits per heavy atom. The number of benzene rings is 3. The molecule has 0 aliphatic rings. The summed E-state index contributed by atoms with van der Waals surface area (Å²) in [5, 5.41) is 13.2. The molecule has 0 aliphatic carbocycles. The van der Waals surface area contributed by atoms with Crippen molar-refractivity contribution < 1.29 is 14.3 Å². The second kappa shape index (κ2) is 10.1. The predicted molar refractivity (Wildman–Crippen MR) is 115 cm³/mol. The Morgan fingerprint density at radius 1 is 1.17 bits per heavy atom. The van der Waals surface area contributed by atoms with Crippen LogP contribution < -0.4 is 14.9 Å². The quantitative estimate of drug-likeness (QED) is 0.449. The fraction of sp³-hybridized carbons (Fsp3) is 0.0870. The van der Waals surface area contributed by atoms with Gasteiger partial charge in [-0.2, -0.15) is 10.4 Å². The van der Waals surface area contributed by atoms with Gasteiger partial charge in [-0.05, 0) is 60.2 Å². The minimum Gasteiger partial charge on any atom is -0.496 e. The Labute approximate surface area is 179 Å². The average molecular weight is 420 g/mol. The van der Waals surface area contributed by atoms with Crippen LogP contribution in [0.4, 0.5) is 0 Å². The number of nitrogens with zero attached hydrogens (tertiary/aromatic N) is 2. The molecule has 0 aliphatic heterocycles. The Balaban J connectivity index is 1.67. The number of methoxy groups -OCH3 is 1. The smallest absolute Gasteiger partial charge is 0.272 e. The van der Waals surface area contributed by atoms with Crippen LogP contribution in [0.15, 0.2) is 71.8 Å². The first kappa shape index (κ1) is 20.9. The average Bonchev–Trinajstić information content (AvgIpc) is 2.78. The van der Waals surface area contributed by atoms with E-state index in [2.05, 4.69) is 16.6 Å². The molecule has 0 saturated heterocycles. The molecule has 0 spiro atoms. The van der Waals surface area contributed by atoms with Crippen LogP contribution in [0.2, 0.25) is 5.02 Å². The molecule has 3 rings (SSSR count). The summed E-state index contributed by atoms with van der Waals surface area (Å²) in [4.78, 5) is 12.2. The van der Waals surface area contributed by atoms with E-state index in [-0.39, 0.29) is 6.61 Å². The molecule has 6 nitrogen and oxygen atoms in total. The summed E-state index contributed by atoms with van der Waals surface area (Å²) in [7, 11) is 1.58. The van der Waals surface area contributed by atoms with Crippen LogP contribution >= 0.6 is 11.6 Å². The fourth-order valence-electron chi connectivity index (χ4n) is 2.65. The number of hydrogen-bond donors (Lipinski definition) is 1. The SMILES string of the molecule is COc1ccc(C=NNC(=O)c2ccccc2Cl)cc1COc1ccc(C#N)cc1. The highest BCUT2D eigenvalue weighted by Crippen LogP contribution is 2.22. The van der Waals surface area contributed by atoms with Crippen molar-refractivity contribution in [3.05, 3.63) is 94.0 Å². The van der Waals surface area contributed by atoms with Gasteiger partial charge in [0.15, 0.2) is 0 Å². The lowest BCUT2D eigenvalue weighted by Gasteiger charge is -2.11. The number of amides is 1. The van der Waals surface area contributed by atoms with E-state index in [1.54, 1.807) is 61.7 Å². The molecule has 0 bridgehead atoms. The normalized spacial score (nSPS) is 10.4. The maximum atomic E-state index is 12.2. The van der Waals surface area contributed by atoms with Crippen molar-refractivity contribution in [3.63, 3.8) is 0 Å². The summed E-state index contributed by atoms with van der Waals surface area (Å²) >= 11 is 6.02. The second-order valence-corrected chi connectivity index (χ2v) is 6.58. The Bertz CT molecular complexity index is 1110. The molecule has 3 aromatic carbocycles. The molecule has 0 radical (unpaired) electrons. The molecule has 7 heteroatoms. The number of nitriles is 1.